The third-order valence-corrected chi connectivity index (χ3v) is 11.9. The summed E-state index contributed by atoms with van der Waals surface area (Å²) in [6, 6.07) is 27.9. The number of pyridine rings is 4. The summed E-state index contributed by atoms with van der Waals surface area (Å²) in [7, 11) is -3.45. The number of anilines is 5. The number of carbonyl (C=O) groups is 2. The summed E-state index contributed by atoms with van der Waals surface area (Å²) in [5.41, 5.74) is 12.8. The Hall–Kier alpha value is -6.43. The van der Waals surface area contributed by atoms with E-state index in [0.29, 0.717) is 70.6 Å². The molecule has 0 spiro atoms. The first-order valence-electron chi connectivity index (χ1n) is 18.8. The third-order valence-electron chi connectivity index (χ3n) is 9.44. The van der Waals surface area contributed by atoms with Gasteiger partial charge in [-0.15, -0.1) is 0 Å². The van der Waals surface area contributed by atoms with Crippen LogP contribution < -0.4 is 16.4 Å². The Balaban J connectivity index is 0.000000200. The monoisotopic (exact) mass is 897 g/mol. The Morgan fingerprint density at radius 1 is 0.613 bits per heavy atom. The summed E-state index contributed by atoms with van der Waals surface area (Å²) >= 11 is 6.02. The summed E-state index contributed by atoms with van der Waals surface area (Å²) < 4.78 is 48.2. The van der Waals surface area contributed by atoms with E-state index in [-0.39, 0.29) is 34.2 Å². The number of nitrogens with two attached hydrogens (primary N) is 1. The molecule has 8 rings (SSSR count). The van der Waals surface area contributed by atoms with E-state index in [4.69, 9.17) is 22.3 Å². The number of aromatic nitrogens is 4. The molecule has 62 heavy (non-hydrogen) atoms. The molecule has 0 bridgehead atoms. The highest BCUT2D eigenvalue weighted by Crippen LogP contribution is 2.35. The molecule has 2 amide bonds. The second kappa shape index (κ2) is 19.1. The predicted octanol–water partition coefficient (Wildman–Crippen LogP) is 7.18. The van der Waals surface area contributed by atoms with Crippen LogP contribution >= 0.6 is 11.6 Å². The smallest absolute Gasteiger partial charge is 0.257 e. The van der Waals surface area contributed by atoms with Crippen molar-refractivity contribution in [2.24, 2.45) is 0 Å². The number of rotatable bonds is 8. The minimum atomic E-state index is -3.44. The number of para-hydroxylation sites is 2. The number of carbonyl (C=O) groups excluding carboxylic acids is 2. The van der Waals surface area contributed by atoms with E-state index in [0.717, 1.165) is 35.3 Å². The van der Waals surface area contributed by atoms with Crippen LogP contribution in [0.1, 0.15) is 62.3 Å². The van der Waals surface area contributed by atoms with Crippen molar-refractivity contribution in [2.75, 3.05) is 43.0 Å². The lowest BCUT2D eigenvalue weighted by Crippen LogP contribution is -2.18. The molecule has 4 N–H and O–H groups in total. The van der Waals surface area contributed by atoms with Crippen molar-refractivity contribution in [3.05, 3.63) is 148 Å². The average Bonchev–Trinajstić information content (AvgIpc) is 3.63. The van der Waals surface area contributed by atoms with Gasteiger partial charge in [-0.2, -0.15) is 0 Å². The zero-order chi connectivity index (χ0) is 44.2. The SMILES string of the molecule is C.CN1Cc2nc(Cl)cc(Nc3ccccc3S(C)(=O)=O)c2C1=O.Cc1cccc(Cc2cc(Nc3ccccc3S(C)(=O)=O)c3c(n2)CN(C)C3=O)n1.Cc1cccc(N)n1. The first-order valence-corrected chi connectivity index (χ1v) is 22.9. The molecule has 2 aliphatic rings. The van der Waals surface area contributed by atoms with E-state index >= 15 is 0 Å². The standard InChI is InChI=1S/C22H22N4O3S.C15H14ClN3O3S.C6H8N2.CH4/c1-14-7-6-8-15(23-14)11-16-12-18(21-19(24-16)13-26(2)22(21)27)25-17-9-4-5-10-20(17)30(3,28)29;1-19-8-11-14(15(19)20)10(7-13(16)18-11)17-9-5-3-4-6-12(9)23(2,21)22;1-5-3-2-4-6(7)8-5;/h4-10,12H,11,13H2,1-3H3,(H,24,25);3-7H,8H2,1-2H3,(H,17,18);2-4H,1H3,(H2,7,8);1H4. The summed E-state index contributed by atoms with van der Waals surface area (Å²) in [6.07, 6.45) is 2.81. The largest absolute Gasteiger partial charge is 0.384 e. The van der Waals surface area contributed by atoms with Crippen LogP contribution in [0.15, 0.2) is 107 Å². The van der Waals surface area contributed by atoms with Crippen molar-refractivity contribution in [3.8, 4) is 0 Å². The second-order valence-corrected chi connectivity index (χ2v) is 18.9. The lowest BCUT2D eigenvalue weighted by atomic mass is 10.1. The molecule has 0 unspecified atom stereocenters. The third kappa shape index (κ3) is 11.1. The maximum Gasteiger partial charge on any atom is 0.257 e. The number of halogens is 1. The van der Waals surface area contributed by atoms with Gasteiger partial charge in [0.15, 0.2) is 19.7 Å². The second-order valence-electron chi connectivity index (χ2n) is 14.6. The zero-order valence-corrected chi connectivity index (χ0v) is 36.7. The van der Waals surface area contributed by atoms with Crippen molar-refractivity contribution in [2.45, 2.75) is 50.6 Å². The lowest BCUT2D eigenvalue weighted by molar-refractivity contribution is 0.0809. The molecule has 4 aromatic heterocycles. The number of nitrogens with zero attached hydrogens (tertiary/aromatic N) is 6. The summed E-state index contributed by atoms with van der Waals surface area (Å²) in [5, 5.41) is 6.44. The number of sulfone groups is 2. The molecule has 0 fully saturated rings. The minimum absolute atomic E-state index is 0. The van der Waals surface area contributed by atoms with E-state index in [1.165, 1.54) is 17.0 Å². The van der Waals surface area contributed by atoms with Crippen LogP contribution in [-0.2, 0) is 39.2 Å². The highest BCUT2D eigenvalue weighted by molar-refractivity contribution is 7.91. The summed E-state index contributed by atoms with van der Waals surface area (Å²) in [4.78, 5) is 45.8. The molecule has 324 valence electrons. The normalized spacial score (nSPS) is 12.9. The number of nitrogens with one attached hydrogen (secondary N) is 2. The fourth-order valence-corrected chi connectivity index (χ4v) is 8.61. The minimum Gasteiger partial charge on any atom is -0.384 e. The maximum atomic E-state index is 12.7. The molecule has 0 saturated heterocycles. The Kier molecular flexibility index (Phi) is 14.4. The van der Waals surface area contributed by atoms with Crippen LogP contribution in [0, 0.1) is 13.8 Å². The Morgan fingerprint density at radius 3 is 1.55 bits per heavy atom. The molecule has 6 heterocycles. The number of hydrogen-bond donors (Lipinski definition) is 3. The van der Waals surface area contributed by atoms with Crippen molar-refractivity contribution in [1.82, 2.24) is 29.7 Å². The number of benzene rings is 2. The van der Waals surface area contributed by atoms with Gasteiger partial charge in [-0.05, 0) is 74.5 Å². The highest BCUT2D eigenvalue weighted by atomic mass is 35.5. The number of amides is 2. The highest BCUT2D eigenvalue weighted by Gasteiger charge is 2.31. The topological polar surface area (TPSA) is 211 Å². The van der Waals surface area contributed by atoms with Crippen molar-refractivity contribution < 1.29 is 26.4 Å². The molecule has 0 aliphatic carbocycles. The summed E-state index contributed by atoms with van der Waals surface area (Å²) in [6.45, 7) is 4.63. The van der Waals surface area contributed by atoms with Crippen molar-refractivity contribution >= 4 is 71.7 Å². The van der Waals surface area contributed by atoms with Gasteiger partial charge in [0.25, 0.3) is 11.8 Å². The number of aryl methyl sites for hydroxylation is 2. The quantitative estimate of drug-likeness (QED) is 0.129. The van der Waals surface area contributed by atoms with E-state index < -0.39 is 19.7 Å². The van der Waals surface area contributed by atoms with Crippen LogP contribution in [0.2, 0.25) is 5.15 Å². The van der Waals surface area contributed by atoms with Crippen LogP contribution in [-0.4, -0.2) is 85.0 Å². The first kappa shape index (κ1) is 46.6. The van der Waals surface area contributed by atoms with Gasteiger partial charge >= 0.3 is 0 Å². The van der Waals surface area contributed by atoms with Crippen LogP contribution in [0.3, 0.4) is 0 Å². The van der Waals surface area contributed by atoms with Gasteiger partial charge < -0.3 is 26.2 Å². The van der Waals surface area contributed by atoms with E-state index in [2.05, 4.69) is 25.6 Å². The van der Waals surface area contributed by atoms with E-state index in [9.17, 15) is 26.4 Å². The zero-order valence-electron chi connectivity index (χ0n) is 34.3. The molecular weight excluding hydrogens is 850 g/mol. The predicted molar refractivity (Wildman–Crippen MR) is 243 cm³/mol. The number of nitrogen functional groups attached to an aromatic ring is 1. The van der Waals surface area contributed by atoms with Gasteiger partial charge in [-0.1, -0.05) is 55.4 Å². The van der Waals surface area contributed by atoms with Crippen molar-refractivity contribution in [3.63, 3.8) is 0 Å². The fourth-order valence-electron chi connectivity index (χ4n) is 6.71. The molecule has 6 aromatic rings. The molecule has 0 atom stereocenters. The van der Waals surface area contributed by atoms with E-state index in [1.54, 1.807) is 73.6 Å². The van der Waals surface area contributed by atoms with Crippen LogP contribution in [0.5, 0.6) is 0 Å². The van der Waals surface area contributed by atoms with Gasteiger partial charge in [0.05, 0.1) is 68.1 Å². The molecule has 2 aromatic carbocycles. The van der Waals surface area contributed by atoms with Crippen molar-refractivity contribution in [1.29, 1.82) is 0 Å². The molecule has 0 saturated carbocycles. The molecule has 18 heteroatoms. The lowest BCUT2D eigenvalue weighted by Gasteiger charge is -2.15. The van der Waals surface area contributed by atoms with Gasteiger partial charge in [-0.25, -0.2) is 26.8 Å². The summed E-state index contributed by atoms with van der Waals surface area (Å²) in [5.74, 6) is 0.269. The Bertz CT molecular complexity index is 2880. The van der Waals surface area contributed by atoms with Gasteiger partial charge in [0, 0.05) is 55.8 Å². The maximum absolute atomic E-state index is 12.7. The number of hydrogen-bond acceptors (Lipinski definition) is 13. The fraction of sp³-hybridized carbons (Fsp3) is 0.227. The van der Waals surface area contributed by atoms with Crippen LogP contribution in [0.4, 0.5) is 28.6 Å². The molecular formula is C44H48ClN9O6S2. The average molecular weight is 899 g/mol. The molecule has 15 nitrogen and oxygen atoms in total. The van der Waals surface area contributed by atoms with Crippen LogP contribution in [0.25, 0.3) is 0 Å². The first-order chi connectivity index (χ1) is 28.8. The van der Waals surface area contributed by atoms with Gasteiger partial charge in [-0.3, -0.25) is 19.6 Å². The molecule has 2 aliphatic heterocycles. The van der Waals surface area contributed by atoms with Gasteiger partial charge in [0.1, 0.15) is 11.0 Å². The van der Waals surface area contributed by atoms with E-state index in [1.807, 2.05) is 44.2 Å². The Labute approximate surface area is 367 Å². The Morgan fingerprint density at radius 2 is 1.08 bits per heavy atom. The molecule has 0 radical (unpaired) electrons. The van der Waals surface area contributed by atoms with Gasteiger partial charge in [0.2, 0.25) is 0 Å². The number of fused-ring (bicyclic) bond motifs is 2.